The molecular formula is C12H22N2O3S. The van der Waals surface area contributed by atoms with Crippen LogP contribution in [0.25, 0.3) is 0 Å². The summed E-state index contributed by atoms with van der Waals surface area (Å²) >= 11 is 0. The second-order valence-electron chi connectivity index (χ2n) is 5.62. The largest absolute Gasteiger partial charge is 0.321 e. The summed E-state index contributed by atoms with van der Waals surface area (Å²) in [6, 6.07) is -0.292. The van der Waals surface area contributed by atoms with E-state index < -0.39 is 9.84 Å². The van der Waals surface area contributed by atoms with Gasteiger partial charge in [0.1, 0.15) is 0 Å². The molecule has 2 heterocycles. The first kappa shape index (κ1) is 13.8. The van der Waals surface area contributed by atoms with Crippen LogP contribution in [0.15, 0.2) is 0 Å². The third-order valence-corrected chi connectivity index (χ3v) is 5.62. The molecule has 2 rings (SSSR count). The molecule has 1 amide bonds. The van der Waals surface area contributed by atoms with Gasteiger partial charge in [-0.3, -0.25) is 10.1 Å². The zero-order chi connectivity index (χ0) is 13.5. The summed E-state index contributed by atoms with van der Waals surface area (Å²) in [5.74, 6) is 0.690. The maximum atomic E-state index is 12.3. The van der Waals surface area contributed by atoms with Gasteiger partial charge in [-0.15, -0.1) is 0 Å². The van der Waals surface area contributed by atoms with Crippen molar-refractivity contribution in [3.63, 3.8) is 0 Å². The quantitative estimate of drug-likeness (QED) is 0.807. The molecule has 0 aromatic rings. The van der Waals surface area contributed by atoms with Crippen molar-refractivity contribution in [2.24, 2.45) is 5.92 Å². The highest BCUT2D eigenvalue weighted by atomic mass is 32.2. The first-order valence-corrected chi connectivity index (χ1v) is 8.46. The van der Waals surface area contributed by atoms with Crippen LogP contribution in [0.5, 0.6) is 0 Å². The summed E-state index contributed by atoms with van der Waals surface area (Å²) in [5.41, 5.74) is 0. The van der Waals surface area contributed by atoms with E-state index in [9.17, 15) is 13.2 Å². The number of amides is 1. The van der Waals surface area contributed by atoms with Gasteiger partial charge in [-0.2, -0.15) is 0 Å². The van der Waals surface area contributed by atoms with Gasteiger partial charge in [0, 0.05) is 6.04 Å². The minimum atomic E-state index is -2.95. The highest BCUT2D eigenvalue weighted by Gasteiger charge is 2.45. The predicted octanol–water partition coefficient (Wildman–Crippen LogP) is 0.366. The van der Waals surface area contributed by atoms with Gasteiger partial charge in [0.2, 0.25) is 5.91 Å². The smallest absolute Gasteiger partial charge is 0.241 e. The Morgan fingerprint density at radius 3 is 2.56 bits per heavy atom. The van der Waals surface area contributed by atoms with Gasteiger partial charge in [0.25, 0.3) is 0 Å². The fourth-order valence-electron chi connectivity index (χ4n) is 2.88. The van der Waals surface area contributed by atoms with Crippen molar-refractivity contribution in [1.82, 2.24) is 10.2 Å². The van der Waals surface area contributed by atoms with Gasteiger partial charge < -0.3 is 4.90 Å². The zero-order valence-corrected chi connectivity index (χ0v) is 12.0. The van der Waals surface area contributed by atoms with Crippen LogP contribution in [0.3, 0.4) is 0 Å². The van der Waals surface area contributed by atoms with Gasteiger partial charge in [0.15, 0.2) is 9.84 Å². The molecule has 0 aromatic carbocycles. The molecule has 2 aliphatic heterocycles. The van der Waals surface area contributed by atoms with Crippen LogP contribution in [0.4, 0.5) is 0 Å². The number of hydrogen-bond donors (Lipinski definition) is 1. The van der Waals surface area contributed by atoms with E-state index in [0.717, 1.165) is 6.42 Å². The molecule has 2 saturated heterocycles. The molecule has 6 heteroatoms. The Hall–Kier alpha value is -0.620. The SMILES string of the molecule is CCC1NC(C(C)C)N(C2CCS(=O)(=O)C2)C1=O. The molecular weight excluding hydrogens is 252 g/mol. The zero-order valence-electron chi connectivity index (χ0n) is 11.2. The Morgan fingerprint density at radius 2 is 2.11 bits per heavy atom. The van der Waals surface area contributed by atoms with Crippen LogP contribution < -0.4 is 5.32 Å². The highest BCUT2D eigenvalue weighted by molar-refractivity contribution is 7.91. The standard InChI is InChI=1S/C12H22N2O3S/c1-4-10-12(15)14(11(13-10)8(2)3)9-5-6-18(16,17)7-9/h8-11,13H,4-7H2,1-3H3. The Bertz CT molecular complexity index is 433. The first-order valence-electron chi connectivity index (χ1n) is 6.64. The first-order chi connectivity index (χ1) is 8.35. The lowest BCUT2D eigenvalue weighted by atomic mass is 10.1. The van der Waals surface area contributed by atoms with Crippen LogP contribution in [0, 0.1) is 5.92 Å². The second-order valence-corrected chi connectivity index (χ2v) is 7.85. The minimum Gasteiger partial charge on any atom is -0.321 e. The summed E-state index contributed by atoms with van der Waals surface area (Å²) < 4.78 is 23.1. The Kier molecular flexibility index (Phi) is 3.69. The number of rotatable bonds is 3. The summed E-state index contributed by atoms with van der Waals surface area (Å²) in [5, 5.41) is 3.33. The van der Waals surface area contributed by atoms with Gasteiger partial charge in [-0.1, -0.05) is 20.8 Å². The Balaban J connectivity index is 2.21. The van der Waals surface area contributed by atoms with Crippen molar-refractivity contribution in [1.29, 1.82) is 0 Å². The average molecular weight is 274 g/mol. The third-order valence-electron chi connectivity index (χ3n) is 3.87. The van der Waals surface area contributed by atoms with Crippen molar-refractivity contribution in [2.45, 2.75) is 51.9 Å². The lowest BCUT2D eigenvalue weighted by molar-refractivity contribution is -0.132. The van der Waals surface area contributed by atoms with Gasteiger partial charge in [-0.05, 0) is 18.8 Å². The number of hydrogen-bond acceptors (Lipinski definition) is 4. The summed E-state index contributed by atoms with van der Waals surface area (Å²) in [4.78, 5) is 14.1. The Morgan fingerprint density at radius 1 is 1.44 bits per heavy atom. The van der Waals surface area contributed by atoms with E-state index in [1.807, 2.05) is 6.92 Å². The van der Waals surface area contributed by atoms with E-state index in [2.05, 4.69) is 19.2 Å². The van der Waals surface area contributed by atoms with Crippen molar-refractivity contribution < 1.29 is 13.2 Å². The second kappa shape index (κ2) is 4.81. The fourth-order valence-corrected chi connectivity index (χ4v) is 4.59. The predicted molar refractivity (Wildman–Crippen MR) is 69.7 cm³/mol. The molecule has 2 aliphatic rings. The fraction of sp³-hybridized carbons (Fsp3) is 0.917. The molecule has 0 bridgehead atoms. The van der Waals surface area contributed by atoms with E-state index >= 15 is 0 Å². The molecule has 2 fully saturated rings. The average Bonchev–Trinajstić information content (AvgIpc) is 2.78. The van der Waals surface area contributed by atoms with Gasteiger partial charge in [0.05, 0.1) is 23.7 Å². The van der Waals surface area contributed by atoms with Crippen LogP contribution >= 0.6 is 0 Å². The molecule has 0 saturated carbocycles. The molecule has 0 aromatic heterocycles. The maximum Gasteiger partial charge on any atom is 0.241 e. The topological polar surface area (TPSA) is 66.5 Å². The molecule has 1 N–H and O–H groups in total. The maximum absolute atomic E-state index is 12.3. The van der Waals surface area contributed by atoms with E-state index in [0.29, 0.717) is 6.42 Å². The molecule has 104 valence electrons. The Labute approximate surface area is 109 Å². The van der Waals surface area contributed by atoms with E-state index in [1.165, 1.54) is 0 Å². The molecule has 0 radical (unpaired) electrons. The monoisotopic (exact) mass is 274 g/mol. The van der Waals surface area contributed by atoms with Crippen molar-refractivity contribution in [3.05, 3.63) is 0 Å². The summed E-state index contributed by atoms with van der Waals surface area (Å²) in [6.45, 7) is 6.08. The van der Waals surface area contributed by atoms with Crippen molar-refractivity contribution >= 4 is 15.7 Å². The number of carbonyl (C=O) groups excluding carboxylic acids is 1. The highest BCUT2D eigenvalue weighted by Crippen LogP contribution is 2.27. The normalized spacial score (nSPS) is 35.7. The van der Waals surface area contributed by atoms with E-state index in [4.69, 9.17) is 0 Å². The lowest BCUT2D eigenvalue weighted by Crippen LogP contribution is -2.47. The number of sulfone groups is 1. The van der Waals surface area contributed by atoms with Crippen molar-refractivity contribution in [3.8, 4) is 0 Å². The lowest BCUT2D eigenvalue weighted by Gasteiger charge is -2.31. The van der Waals surface area contributed by atoms with Crippen molar-refractivity contribution in [2.75, 3.05) is 11.5 Å². The molecule has 0 aliphatic carbocycles. The molecule has 3 atom stereocenters. The van der Waals surface area contributed by atoms with E-state index in [-0.39, 0.29) is 41.6 Å². The van der Waals surface area contributed by atoms with Crippen LogP contribution in [-0.2, 0) is 14.6 Å². The van der Waals surface area contributed by atoms with Crippen LogP contribution in [0.1, 0.15) is 33.6 Å². The molecule has 0 spiro atoms. The molecule has 5 nitrogen and oxygen atoms in total. The van der Waals surface area contributed by atoms with Crippen LogP contribution in [-0.4, -0.2) is 49.0 Å². The minimum absolute atomic E-state index is 0.0271. The number of nitrogens with zero attached hydrogens (tertiary/aromatic N) is 1. The summed E-state index contributed by atoms with van der Waals surface area (Å²) in [6.07, 6.45) is 1.30. The van der Waals surface area contributed by atoms with Gasteiger partial charge >= 0.3 is 0 Å². The summed E-state index contributed by atoms with van der Waals surface area (Å²) in [7, 11) is -2.95. The molecule has 3 unspecified atom stereocenters. The number of nitrogens with one attached hydrogen (secondary N) is 1. The number of carbonyl (C=O) groups is 1. The molecule has 18 heavy (non-hydrogen) atoms. The van der Waals surface area contributed by atoms with Crippen LogP contribution in [0.2, 0.25) is 0 Å². The van der Waals surface area contributed by atoms with Gasteiger partial charge in [-0.25, -0.2) is 8.42 Å². The third kappa shape index (κ3) is 2.40. The van der Waals surface area contributed by atoms with E-state index in [1.54, 1.807) is 4.90 Å².